The molecule has 1 aromatic carbocycles. The zero-order chi connectivity index (χ0) is 14.7. The van der Waals surface area contributed by atoms with Crippen molar-refractivity contribution < 1.29 is 9.13 Å². The van der Waals surface area contributed by atoms with E-state index in [9.17, 15) is 4.39 Å². The van der Waals surface area contributed by atoms with Gasteiger partial charge in [-0.15, -0.1) is 11.3 Å². The summed E-state index contributed by atoms with van der Waals surface area (Å²) in [6.07, 6.45) is 0. The highest BCUT2D eigenvalue weighted by atomic mass is 35.5. The number of rotatable bonds is 4. The maximum atomic E-state index is 13.5. The van der Waals surface area contributed by atoms with Gasteiger partial charge < -0.3 is 9.30 Å². The van der Waals surface area contributed by atoms with Crippen LogP contribution in [0.3, 0.4) is 0 Å². The summed E-state index contributed by atoms with van der Waals surface area (Å²) in [6, 6.07) is 4.72. The predicted molar refractivity (Wildman–Crippen MR) is 80.3 cm³/mol. The van der Waals surface area contributed by atoms with Crippen molar-refractivity contribution in [3.05, 3.63) is 44.9 Å². The van der Waals surface area contributed by atoms with Crippen LogP contribution in [0.15, 0.2) is 28.6 Å². The summed E-state index contributed by atoms with van der Waals surface area (Å²) in [5, 5.41) is 2.13. The van der Waals surface area contributed by atoms with Crippen LogP contribution in [-0.2, 0) is 4.74 Å². The molecule has 0 aliphatic carbocycles. The second-order valence-corrected chi connectivity index (χ2v) is 5.79. The quantitative estimate of drug-likeness (QED) is 0.835. The summed E-state index contributed by atoms with van der Waals surface area (Å²) in [4.78, 5) is 5.31. The molecule has 2 rings (SSSR count). The third-order valence-corrected chi connectivity index (χ3v) is 4.16. The average Bonchev–Trinajstić information content (AvgIpc) is 2.75. The summed E-state index contributed by atoms with van der Waals surface area (Å²) in [7, 11) is 1.67. The van der Waals surface area contributed by atoms with E-state index >= 15 is 0 Å². The first-order chi connectivity index (χ1) is 9.52. The third-order valence-electron chi connectivity index (χ3n) is 2.90. The van der Waals surface area contributed by atoms with Crippen LogP contribution in [0.1, 0.15) is 18.7 Å². The maximum absolute atomic E-state index is 13.5. The fourth-order valence-corrected chi connectivity index (χ4v) is 3.10. The third kappa shape index (κ3) is 3.29. The number of thiazole rings is 1. The number of hydrogen-bond donors (Lipinski definition) is 0. The summed E-state index contributed by atoms with van der Waals surface area (Å²) < 4.78 is 20.7. The molecule has 3 nitrogen and oxygen atoms in total. The molecule has 1 heterocycles. The van der Waals surface area contributed by atoms with Crippen molar-refractivity contribution in [1.82, 2.24) is 4.57 Å². The minimum Gasteiger partial charge on any atom is -0.383 e. The molecule has 0 fully saturated rings. The first-order valence-corrected chi connectivity index (χ1v) is 7.44. The Morgan fingerprint density at radius 2 is 2.25 bits per heavy atom. The summed E-state index contributed by atoms with van der Waals surface area (Å²) in [5.41, 5.74) is 1.65. The Hall–Kier alpha value is -1.17. The maximum Gasteiger partial charge on any atom is 0.190 e. The molecular formula is C14H16ClFN2OS. The van der Waals surface area contributed by atoms with E-state index in [-0.39, 0.29) is 11.1 Å². The van der Waals surface area contributed by atoms with Crippen molar-refractivity contribution in [1.29, 1.82) is 0 Å². The van der Waals surface area contributed by atoms with E-state index in [0.29, 0.717) is 12.3 Å². The molecule has 0 unspecified atom stereocenters. The Morgan fingerprint density at radius 3 is 2.90 bits per heavy atom. The predicted octanol–water partition coefficient (Wildman–Crippen LogP) is 4.09. The van der Waals surface area contributed by atoms with Crippen molar-refractivity contribution in [3.63, 3.8) is 0 Å². The lowest BCUT2D eigenvalue weighted by molar-refractivity contribution is 0.160. The summed E-state index contributed by atoms with van der Waals surface area (Å²) in [5.74, 6) is -0.460. The Balaban J connectivity index is 2.46. The van der Waals surface area contributed by atoms with Crippen molar-refractivity contribution in [2.24, 2.45) is 4.99 Å². The Labute approximate surface area is 126 Å². The molecule has 2 aromatic rings. The van der Waals surface area contributed by atoms with Gasteiger partial charge >= 0.3 is 0 Å². The minimum atomic E-state index is -0.460. The minimum absolute atomic E-state index is 0.104. The van der Waals surface area contributed by atoms with Crippen molar-refractivity contribution in [2.45, 2.75) is 19.9 Å². The van der Waals surface area contributed by atoms with E-state index in [4.69, 9.17) is 16.3 Å². The van der Waals surface area contributed by atoms with Gasteiger partial charge in [0.15, 0.2) is 4.80 Å². The number of halogens is 2. The lowest BCUT2D eigenvalue weighted by atomic mass is 10.3. The molecule has 1 atom stereocenters. The van der Waals surface area contributed by atoms with Crippen molar-refractivity contribution in [2.75, 3.05) is 13.7 Å². The summed E-state index contributed by atoms with van der Waals surface area (Å²) >= 11 is 7.20. The molecule has 6 heteroatoms. The van der Waals surface area contributed by atoms with E-state index in [1.54, 1.807) is 13.2 Å². The zero-order valence-corrected chi connectivity index (χ0v) is 13.1. The van der Waals surface area contributed by atoms with Gasteiger partial charge in [0.05, 0.1) is 23.4 Å². The molecule has 20 heavy (non-hydrogen) atoms. The first-order valence-electron chi connectivity index (χ1n) is 6.18. The number of aromatic nitrogens is 1. The lowest BCUT2D eigenvalue weighted by Crippen LogP contribution is -2.23. The molecule has 0 radical (unpaired) electrons. The van der Waals surface area contributed by atoms with Gasteiger partial charge in [0.1, 0.15) is 5.82 Å². The highest BCUT2D eigenvalue weighted by Gasteiger charge is 2.10. The van der Waals surface area contributed by atoms with Crippen molar-refractivity contribution in [3.8, 4) is 0 Å². The van der Waals surface area contributed by atoms with Gasteiger partial charge in [-0.05, 0) is 26.0 Å². The second kappa shape index (κ2) is 6.52. The molecule has 0 bridgehead atoms. The van der Waals surface area contributed by atoms with Crippen LogP contribution in [0.25, 0.3) is 0 Å². The Kier molecular flexibility index (Phi) is 4.96. The topological polar surface area (TPSA) is 26.5 Å². The average molecular weight is 315 g/mol. The Bertz CT molecular complexity index is 665. The standard InChI is InChI=1S/C14H16ClFN2OS/c1-9(7-19-3)18-10(2)8-20-14(18)17-11-4-5-12(15)13(16)6-11/h4-6,8-9H,7H2,1-3H3/t9-/m1/s1. The van der Waals surface area contributed by atoms with Crippen LogP contribution in [0, 0.1) is 12.7 Å². The van der Waals surface area contributed by atoms with Crippen LogP contribution in [0.4, 0.5) is 10.1 Å². The largest absolute Gasteiger partial charge is 0.383 e. The molecule has 0 aliphatic rings. The van der Waals surface area contributed by atoms with Crippen LogP contribution >= 0.6 is 22.9 Å². The molecule has 1 aromatic heterocycles. The van der Waals surface area contributed by atoms with Gasteiger partial charge in [-0.3, -0.25) is 0 Å². The van der Waals surface area contributed by atoms with Gasteiger partial charge in [0.2, 0.25) is 0 Å². The van der Waals surface area contributed by atoms with Crippen molar-refractivity contribution >= 4 is 28.6 Å². The normalized spacial score (nSPS) is 13.8. The van der Waals surface area contributed by atoms with E-state index in [1.165, 1.54) is 23.5 Å². The van der Waals surface area contributed by atoms with E-state index in [2.05, 4.69) is 16.5 Å². The van der Waals surface area contributed by atoms with E-state index < -0.39 is 5.82 Å². The molecule has 108 valence electrons. The van der Waals surface area contributed by atoms with Gasteiger partial charge in [0.25, 0.3) is 0 Å². The number of hydrogen-bond acceptors (Lipinski definition) is 3. The SMILES string of the molecule is COC[C@@H](C)n1c(C)csc1=Nc1ccc(Cl)c(F)c1. The highest BCUT2D eigenvalue weighted by Crippen LogP contribution is 2.21. The first kappa shape index (κ1) is 15.2. The molecule has 0 amide bonds. The molecule has 0 N–H and O–H groups in total. The zero-order valence-electron chi connectivity index (χ0n) is 11.6. The summed E-state index contributed by atoms with van der Waals surface area (Å²) in [6.45, 7) is 4.68. The molecule has 0 aliphatic heterocycles. The molecule has 0 saturated carbocycles. The number of nitrogens with zero attached hydrogens (tertiary/aromatic N) is 2. The van der Waals surface area contributed by atoms with Crippen LogP contribution in [0.5, 0.6) is 0 Å². The van der Waals surface area contributed by atoms with Gasteiger partial charge in [-0.25, -0.2) is 9.38 Å². The monoisotopic (exact) mass is 314 g/mol. The smallest absolute Gasteiger partial charge is 0.190 e. The van der Waals surface area contributed by atoms with Gasteiger partial charge in [-0.1, -0.05) is 11.6 Å². The van der Waals surface area contributed by atoms with Gasteiger partial charge in [-0.2, -0.15) is 0 Å². The molecule has 0 spiro atoms. The fraction of sp³-hybridized carbons (Fsp3) is 0.357. The number of benzene rings is 1. The lowest BCUT2D eigenvalue weighted by Gasteiger charge is -2.14. The highest BCUT2D eigenvalue weighted by molar-refractivity contribution is 7.07. The van der Waals surface area contributed by atoms with E-state index in [0.717, 1.165) is 10.5 Å². The Morgan fingerprint density at radius 1 is 1.50 bits per heavy atom. The van der Waals surface area contributed by atoms with Gasteiger partial charge in [0, 0.05) is 24.3 Å². The number of aryl methyl sites for hydroxylation is 1. The molecular weight excluding hydrogens is 299 g/mol. The van der Waals surface area contributed by atoms with E-state index in [1.807, 2.05) is 12.3 Å². The van der Waals surface area contributed by atoms with Crippen LogP contribution < -0.4 is 4.80 Å². The second-order valence-electron chi connectivity index (χ2n) is 4.54. The van der Waals surface area contributed by atoms with Crippen LogP contribution in [0.2, 0.25) is 5.02 Å². The number of ether oxygens (including phenoxy) is 1. The number of methoxy groups -OCH3 is 1. The molecule has 0 saturated heterocycles. The fourth-order valence-electron chi connectivity index (χ4n) is 2.00. The van der Waals surface area contributed by atoms with Crippen LogP contribution in [-0.4, -0.2) is 18.3 Å².